The number of benzene rings is 3. The summed E-state index contributed by atoms with van der Waals surface area (Å²) in [6, 6.07) is 28.8. The molecule has 4 heteroatoms. The van der Waals surface area contributed by atoms with Gasteiger partial charge in [-0.05, 0) is 30.2 Å². The van der Waals surface area contributed by atoms with Crippen LogP contribution in [0.5, 0.6) is 11.5 Å². The maximum absolute atomic E-state index is 6.55. The lowest BCUT2D eigenvalue weighted by molar-refractivity contribution is -0.0843. The van der Waals surface area contributed by atoms with E-state index >= 15 is 0 Å². The number of hydrogen-bond acceptors (Lipinski definition) is 4. The molecule has 4 nitrogen and oxygen atoms in total. The monoisotopic (exact) mass is 403 g/mol. The number of ether oxygens (including phenoxy) is 3. The second-order valence-corrected chi connectivity index (χ2v) is 7.46. The Labute approximate surface area is 179 Å². The van der Waals surface area contributed by atoms with Crippen LogP contribution in [-0.2, 0) is 11.3 Å². The number of hydrogen-bond donors (Lipinski definition) is 0. The maximum Gasteiger partial charge on any atom is 0.162 e. The van der Waals surface area contributed by atoms with Gasteiger partial charge in [-0.15, -0.1) is 0 Å². The van der Waals surface area contributed by atoms with Gasteiger partial charge in [0.2, 0.25) is 0 Å². The largest absolute Gasteiger partial charge is 0.490 e. The molecule has 1 heterocycles. The Morgan fingerprint density at radius 3 is 2.30 bits per heavy atom. The van der Waals surface area contributed by atoms with Crippen LogP contribution in [0.15, 0.2) is 84.9 Å². The van der Waals surface area contributed by atoms with Gasteiger partial charge < -0.3 is 14.2 Å². The summed E-state index contributed by atoms with van der Waals surface area (Å²) in [4.78, 5) is 2.44. The molecule has 156 valence electrons. The highest BCUT2D eigenvalue weighted by molar-refractivity contribution is 5.40. The second-order valence-electron chi connectivity index (χ2n) is 7.46. The van der Waals surface area contributed by atoms with Gasteiger partial charge >= 0.3 is 0 Å². The minimum atomic E-state index is -0.216. The third-order valence-electron chi connectivity index (χ3n) is 5.30. The zero-order valence-corrected chi connectivity index (χ0v) is 17.4. The van der Waals surface area contributed by atoms with Gasteiger partial charge in [-0.2, -0.15) is 0 Å². The molecular weight excluding hydrogens is 374 g/mol. The molecule has 3 aromatic rings. The summed E-state index contributed by atoms with van der Waals surface area (Å²) in [5.74, 6) is 1.51. The normalized spacial score (nSPS) is 18.0. The minimum absolute atomic E-state index is 0.0699. The number of rotatable bonds is 8. The van der Waals surface area contributed by atoms with Gasteiger partial charge in [0.05, 0.1) is 13.2 Å². The van der Waals surface area contributed by atoms with Crippen LogP contribution in [0.25, 0.3) is 0 Å². The Kier molecular flexibility index (Phi) is 7.01. The van der Waals surface area contributed by atoms with Crippen molar-refractivity contribution in [1.29, 1.82) is 0 Å². The lowest BCUT2D eigenvalue weighted by atomic mass is 10.0. The van der Waals surface area contributed by atoms with Gasteiger partial charge in [0.15, 0.2) is 17.6 Å². The number of nitrogens with zero attached hydrogens (tertiary/aromatic N) is 1. The Morgan fingerprint density at radius 1 is 0.900 bits per heavy atom. The SMILES string of the molecule is CCOc1ccccc1OC(c1ccccc1)[C@@H]1CN(Cc2ccccc2)CCO1. The summed E-state index contributed by atoms with van der Waals surface area (Å²) in [7, 11) is 0. The van der Waals surface area contributed by atoms with Crippen molar-refractivity contribution in [3.63, 3.8) is 0 Å². The molecule has 1 saturated heterocycles. The van der Waals surface area contributed by atoms with Gasteiger partial charge in [0.25, 0.3) is 0 Å². The predicted octanol–water partition coefficient (Wildman–Crippen LogP) is 5.11. The van der Waals surface area contributed by atoms with Crippen molar-refractivity contribution in [2.75, 3.05) is 26.3 Å². The topological polar surface area (TPSA) is 30.9 Å². The van der Waals surface area contributed by atoms with E-state index in [1.54, 1.807) is 0 Å². The zero-order valence-electron chi connectivity index (χ0n) is 17.4. The number of morpholine rings is 1. The molecule has 30 heavy (non-hydrogen) atoms. The van der Waals surface area contributed by atoms with Crippen LogP contribution in [0.2, 0.25) is 0 Å². The molecule has 0 radical (unpaired) electrons. The van der Waals surface area contributed by atoms with Crippen LogP contribution >= 0.6 is 0 Å². The number of para-hydroxylation sites is 2. The molecule has 2 atom stereocenters. The van der Waals surface area contributed by atoms with Crippen molar-refractivity contribution in [2.24, 2.45) is 0 Å². The average Bonchev–Trinajstić information content (AvgIpc) is 2.80. The van der Waals surface area contributed by atoms with Crippen molar-refractivity contribution >= 4 is 0 Å². The smallest absolute Gasteiger partial charge is 0.162 e. The van der Waals surface area contributed by atoms with Crippen LogP contribution in [0, 0.1) is 0 Å². The van der Waals surface area contributed by atoms with E-state index in [-0.39, 0.29) is 12.2 Å². The predicted molar refractivity (Wildman–Crippen MR) is 119 cm³/mol. The Hall–Kier alpha value is -2.82. The van der Waals surface area contributed by atoms with Crippen molar-refractivity contribution in [3.05, 3.63) is 96.1 Å². The first-order valence-electron chi connectivity index (χ1n) is 10.6. The van der Waals surface area contributed by atoms with Crippen LogP contribution in [0.4, 0.5) is 0 Å². The second kappa shape index (κ2) is 10.3. The quantitative estimate of drug-likeness (QED) is 0.523. The molecule has 0 N–H and O–H groups in total. The highest BCUT2D eigenvalue weighted by Gasteiger charge is 2.31. The summed E-state index contributed by atoms with van der Waals surface area (Å²) < 4.78 is 18.6. The molecular formula is C26H29NO3. The third-order valence-corrected chi connectivity index (χ3v) is 5.30. The first-order chi connectivity index (χ1) is 14.8. The Bertz CT molecular complexity index is 900. The molecule has 0 aromatic heterocycles. The Balaban J connectivity index is 1.55. The van der Waals surface area contributed by atoms with E-state index in [1.807, 2.05) is 49.4 Å². The molecule has 0 aliphatic carbocycles. The van der Waals surface area contributed by atoms with E-state index in [2.05, 4.69) is 47.4 Å². The van der Waals surface area contributed by atoms with Gasteiger partial charge in [0.1, 0.15) is 6.10 Å². The third kappa shape index (κ3) is 5.21. The molecule has 1 unspecified atom stereocenters. The Morgan fingerprint density at radius 2 is 1.57 bits per heavy atom. The molecule has 1 aliphatic rings. The van der Waals surface area contributed by atoms with E-state index in [4.69, 9.17) is 14.2 Å². The zero-order chi connectivity index (χ0) is 20.6. The van der Waals surface area contributed by atoms with E-state index in [1.165, 1.54) is 5.56 Å². The van der Waals surface area contributed by atoms with E-state index in [9.17, 15) is 0 Å². The highest BCUT2D eigenvalue weighted by Crippen LogP contribution is 2.34. The lowest BCUT2D eigenvalue weighted by Crippen LogP contribution is -2.45. The van der Waals surface area contributed by atoms with Crippen molar-refractivity contribution in [3.8, 4) is 11.5 Å². The van der Waals surface area contributed by atoms with E-state index < -0.39 is 0 Å². The van der Waals surface area contributed by atoms with Gasteiger partial charge in [-0.25, -0.2) is 0 Å². The van der Waals surface area contributed by atoms with Crippen LogP contribution in [-0.4, -0.2) is 37.3 Å². The summed E-state index contributed by atoms with van der Waals surface area (Å²) >= 11 is 0. The van der Waals surface area contributed by atoms with Gasteiger partial charge in [-0.3, -0.25) is 4.90 Å². The molecule has 1 fully saturated rings. The van der Waals surface area contributed by atoms with Crippen LogP contribution in [0.3, 0.4) is 0 Å². The molecule has 1 aliphatic heterocycles. The maximum atomic E-state index is 6.55. The van der Waals surface area contributed by atoms with Crippen LogP contribution in [0.1, 0.15) is 24.2 Å². The highest BCUT2D eigenvalue weighted by atomic mass is 16.6. The summed E-state index contributed by atoms with van der Waals surface area (Å²) in [6.45, 7) is 5.92. The molecule has 0 saturated carbocycles. The van der Waals surface area contributed by atoms with Crippen molar-refractivity contribution < 1.29 is 14.2 Å². The van der Waals surface area contributed by atoms with E-state index in [0.717, 1.165) is 36.7 Å². The summed E-state index contributed by atoms with van der Waals surface area (Å²) in [5.41, 5.74) is 2.42. The standard InChI is InChI=1S/C26H29NO3/c1-2-28-23-15-9-10-16-24(23)30-26(22-13-7-4-8-14-22)25-20-27(17-18-29-25)19-21-11-5-3-6-12-21/h3-16,25-26H,2,17-20H2,1H3/t25-,26?/m0/s1. The fraction of sp³-hybridized carbons (Fsp3) is 0.308. The summed E-state index contributed by atoms with van der Waals surface area (Å²) in [5, 5.41) is 0. The lowest BCUT2D eigenvalue weighted by Gasteiger charge is -2.37. The minimum Gasteiger partial charge on any atom is -0.490 e. The molecule has 0 amide bonds. The van der Waals surface area contributed by atoms with Gasteiger partial charge in [-0.1, -0.05) is 72.8 Å². The molecule has 3 aromatic carbocycles. The summed E-state index contributed by atoms with van der Waals surface area (Å²) in [6.07, 6.45) is -0.286. The molecule has 0 spiro atoms. The van der Waals surface area contributed by atoms with Crippen molar-refractivity contribution in [1.82, 2.24) is 4.90 Å². The van der Waals surface area contributed by atoms with Crippen molar-refractivity contribution in [2.45, 2.75) is 25.7 Å². The molecule has 4 rings (SSSR count). The fourth-order valence-corrected chi connectivity index (χ4v) is 3.86. The van der Waals surface area contributed by atoms with E-state index in [0.29, 0.717) is 13.2 Å². The van der Waals surface area contributed by atoms with Gasteiger partial charge in [0, 0.05) is 19.6 Å². The fourth-order valence-electron chi connectivity index (χ4n) is 3.86. The average molecular weight is 404 g/mol. The first-order valence-corrected chi connectivity index (χ1v) is 10.6. The molecule has 0 bridgehead atoms. The first kappa shape index (κ1) is 20.5. The van der Waals surface area contributed by atoms with Crippen LogP contribution < -0.4 is 9.47 Å².